The molecular formula is C15H13BrFNO. The highest BCUT2D eigenvalue weighted by Crippen LogP contribution is 2.37. The molecule has 0 fully saturated rings. The number of anilines is 1. The number of nitrogens with one attached hydrogen (secondary N) is 1. The maximum absolute atomic E-state index is 14.0. The van der Waals surface area contributed by atoms with Gasteiger partial charge in [0.2, 0.25) is 0 Å². The third-order valence-electron chi connectivity index (χ3n) is 3.26. The summed E-state index contributed by atoms with van der Waals surface area (Å²) in [6.45, 7) is 2.55. The lowest BCUT2D eigenvalue weighted by Gasteiger charge is -2.29. The van der Waals surface area contributed by atoms with E-state index in [1.54, 1.807) is 6.07 Å². The van der Waals surface area contributed by atoms with Gasteiger partial charge in [-0.25, -0.2) is 4.39 Å². The molecule has 0 aromatic heterocycles. The van der Waals surface area contributed by atoms with Gasteiger partial charge in [-0.1, -0.05) is 34.1 Å². The van der Waals surface area contributed by atoms with Crippen LogP contribution in [0.5, 0.6) is 5.75 Å². The highest BCUT2D eigenvalue weighted by atomic mass is 79.9. The Labute approximate surface area is 119 Å². The lowest BCUT2D eigenvalue weighted by molar-refractivity contribution is 0.204. The first-order chi connectivity index (χ1) is 9.15. The first kappa shape index (κ1) is 12.5. The topological polar surface area (TPSA) is 21.3 Å². The van der Waals surface area contributed by atoms with Crippen molar-refractivity contribution in [1.82, 2.24) is 0 Å². The molecule has 4 heteroatoms. The Kier molecular flexibility index (Phi) is 3.19. The van der Waals surface area contributed by atoms with Crippen LogP contribution >= 0.6 is 15.9 Å². The molecule has 1 atom stereocenters. The fourth-order valence-electron chi connectivity index (χ4n) is 2.27. The van der Waals surface area contributed by atoms with Gasteiger partial charge < -0.3 is 10.1 Å². The number of benzene rings is 2. The summed E-state index contributed by atoms with van der Waals surface area (Å²) in [6.07, 6.45) is -0.304. The lowest BCUT2D eigenvalue weighted by atomic mass is 10.1. The molecule has 1 N–H and O–H groups in total. The number of ether oxygens (including phenoxy) is 1. The summed E-state index contributed by atoms with van der Waals surface area (Å²) in [4.78, 5) is 0. The van der Waals surface area contributed by atoms with Crippen LogP contribution in [0.2, 0.25) is 0 Å². The largest absolute Gasteiger partial charge is 0.481 e. The quantitative estimate of drug-likeness (QED) is 0.838. The van der Waals surface area contributed by atoms with Gasteiger partial charge in [0, 0.05) is 10.0 Å². The summed E-state index contributed by atoms with van der Waals surface area (Å²) in [5, 5.41) is 3.29. The molecule has 0 radical (unpaired) electrons. The summed E-state index contributed by atoms with van der Waals surface area (Å²) < 4.78 is 20.7. The molecule has 0 amide bonds. The minimum atomic E-state index is -0.304. The number of aryl methyl sites for hydroxylation is 1. The van der Waals surface area contributed by atoms with Crippen molar-refractivity contribution in [3.05, 3.63) is 57.8 Å². The zero-order chi connectivity index (χ0) is 13.4. The minimum Gasteiger partial charge on any atom is -0.481 e. The standard InChI is InChI=1S/C15H13BrFNO/c1-9-3-2-4-13-15(9)19-14(8-18-13)11-6-5-10(16)7-12(11)17/h2-7,14,18H,8H2,1H3. The number of hydrogen-bond acceptors (Lipinski definition) is 2. The predicted molar refractivity (Wildman–Crippen MR) is 77.1 cm³/mol. The van der Waals surface area contributed by atoms with Gasteiger partial charge in [-0.05, 0) is 30.7 Å². The molecule has 0 spiro atoms. The molecule has 19 heavy (non-hydrogen) atoms. The Morgan fingerprint density at radius 3 is 2.95 bits per heavy atom. The molecule has 2 aromatic rings. The van der Waals surface area contributed by atoms with E-state index in [9.17, 15) is 4.39 Å². The second-order valence-corrected chi connectivity index (χ2v) is 5.52. The predicted octanol–water partition coefficient (Wildman–Crippen LogP) is 4.44. The zero-order valence-corrected chi connectivity index (χ0v) is 12.0. The van der Waals surface area contributed by atoms with Crippen LogP contribution in [-0.4, -0.2) is 6.54 Å². The van der Waals surface area contributed by atoms with Crippen LogP contribution in [0.4, 0.5) is 10.1 Å². The van der Waals surface area contributed by atoms with Crippen molar-refractivity contribution in [2.45, 2.75) is 13.0 Å². The van der Waals surface area contributed by atoms with E-state index >= 15 is 0 Å². The molecule has 1 aliphatic heterocycles. The maximum atomic E-state index is 14.0. The molecule has 1 aliphatic rings. The van der Waals surface area contributed by atoms with Crippen molar-refractivity contribution < 1.29 is 9.13 Å². The van der Waals surface area contributed by atoms with Gasteiger partial charge >= 0.3 is 0 Å². The molecule has 0 bridgehead atoms. The highest BCUT2D eigenvalue weighted by molar-refractivity contribution is 9.10. The number of halogens is 2. The fraction of sp³-hybridized carbons (Fsp3) is 0.200. The number of rotatable bonds is 1. The molecule has 2 nitrogen and oxygen atoms in total. The molecule has 0 saturated heterocycles. The van der Waals surface area contributed by atoms with Crippen LogP contribution in [0.3, 0.4) is 0 Å². The Morgan fingerprint density at radius 1 is 1.32 bits per heavy atom. The minimum absolute atomic E-state index is 0.252. The summed E-state index contributed by atoms with van der Waals surface area (Å²) in [5.41, 5.74) is 2.59. The SMILES string of the molecule is Cc1cccc2c1OC(c1ccc(Br)cc1F)CN2. The molecule has 98 valence electrons. The highest BCUT2D eigenvalue weighted by Gasteiger charge is 2.24. The van der Waals surface area contributed by atoms with Crippen molar-refractivity contribution in [3.63, 3.8) is 0 Å². The molecule has 2 aromatic carbocycles. The third-order valence-corrected chi connectivity index (χ3v) is 3.75. The van der Waals surface area contributed by atoms with Crippen molar-refractivity contribution in [3.8, 4) is 5.75 Å². The smallest absolute Gasteiger partial charge is 0.146 e. The van der Waals surface area contributed by atoms with Gasteiger partial charge in [-0.2, -0.15) is 0 Å². The molecule has 0 aliphatic carbocycles. The van der Waals surface area contributed by atoms with Crippen LogP contribution in [0.1, 0.15) is 17.2 Å². The van der Waals surface area contributed by atoms with Crippen LogP contribution in [0.15, 0.2) is 40.9 Å². The average molecular weight is 322 g/mol. The van der Waals surface area contributed by atoms with Crippen molar-refractivity contribution in [2.24, 2.45) is 0 Å². The van der Waals surface area contributed by atoms with E-state index in [0.717, 1.165) is 21.5 Å². The first-order valence-corrected chi connectivity index (χ1v) is 6.89. The van der Waals surface area contributed by atoms with Crippen LogP contribution < -0.4 is 10.1 Å². The van der Waals surface area contributed by atoms with Gasteiger partial charge in [0.25, 0.3) is 0 Å². The number of para-hydroxylation sites is 1. The summed E-state index contributed by atoms with van der Waals surface area (Å²) >= 11 is 3.26. The van der Waals surface area contributed by atoms with Gasteiger partial charge in [0.05, 0.1) is 12.2 Å². The number of hydrogen-bond donors (Lipinski definition) is 1. The van der Waals surface area contributed by atoms with Crippen LogP contribution in [0.25, 0.3) is 0 Å². The lowest BCUT2D eigenvalue weighted by Crippen LogP contribution is -2.24. The Balaban J connectivity index is 1.95. The zero-order valence-electron chi connectivity index (χ0n) is 10.4. The molecule has 1 heterocycles. The van der Waals surface area contributed by atoms with Gasteiger partial charge in [-0.3, -0.25) is 0 Å². The Hall–Kier alpha value is -1.55. The van der Waals surface area contributed by atoms with E-state index in [1.807, 2.05) is 31.2 Å². The van der Waals surface area contributed by atoms with Gasteiger partial charge in [-0.15, -0.1) is 0 Å². The summed E-state index contributed by atoms with van der Waals surface area (Å²) in [6, 6.07) is 11.0. The van der Waals surface area contributed by atoms with Crippen molar-refractivity contribution in [1.29, 1.82) is 0 Å². The molecule has 1 unspecified atom stereocenters. The number of fused-ring (bicyclic) bond motifs is 1. The first-order valence-electron chi connectivity index (χ1n) is 6.10. The third kappa shape index (κ3) is 2.32. The molecular weight excluding hydrogens is 309 g/mol. The van der Waals surface area contributed by atoms with Crippen LogP contribution in [-0.2, 0) is 0 Å². The fourth-order valence-corrected chi connectivity index (χ4v) is 2.60. The summed E-state index contributed by atoms with van der Waals surface area (Å²) in [5.74, 6) is 0.555. The average Bonchev–Trinajstić information content (AvgIpc) is 2.39. The Morgan fingerprint density at radius 2 is 2.16 bits per heavy atom. The monoisotopic (exact) mass is 321 g/mol. The maximum Gasteiger partial charge on any atom is 0.146 e. The van der Waals surface area contributed by atoms with Crippen LogP contribution in [0, 0.1) is 12.7 Å². The normalized spacial score (nSPS) is 17.3. The van der Waals surface area contributed by atoms with E-state index in [4.69, 9.17) is 4.74 Å². The van der Waals surface area contributed by atoms with E-state index in [1.165, 1.54) is 6.07 Å². The van der Waals surface area contributed by atoms with E-state index in [-0.39, 0.29) is 11.9 Å². The van der Waals surface area contributed by atoms with E-state index in [2.05, 4.69) is 21.2 Å². The van der Waals surface area contributed by atoms with Crippen molar-refractivity contribution in [2.75, 3.05) is 11.9 Å². The van der Waals surface area contributed by atoms with Gasteiger partial charge in [0.1, 0.15) is 17.7 Å². The Bertz CT molecular complexity index is 630. The molecule has 3 rings (SSSR count). The molecule has 0 saturated carbocycles. The van der Waals surface area contributed by atoms with Crippen molar-refractivity contribution >= 4 is 21.6 Å². The second kappa shape index (κ2) is 4.85. The van der Waals surface area contributed by atoms with Gasteiger partial charge in [0.15, 0.2) is 0 Å². The van der Waals surface area contributed by atoms with E-state index < -0.39 is 0 Å². The second-order valence-electron chi connectivity index (χ2n) is 4.60. The summed E-state index contributed by atoms with van der Waals surface area (Å²) in [7, 11) is 0. The van der Waals surface area contributed by atoms with E-state index in [0.29, 0.717) is 12.1 Å².